The van der Waals surface area contributed by atoms with E-state index in [1.807, 2.05) is 26.8 Å². The minimum Gasteiger partial charge on any atom is -0.457 e. The number of allylic oxidation sites excluding steroid dienone is 4. The van der Waals surface area contributed by atoms with Crippen LogP contribution in [0.15, 0.2) is 69.4 Å². The van der Waals surface area contributed by atoms with Gasteiger partial charge in [0, 0.05) is 16.7 Å². The number of halogens is 2. The van der Waals surface area contributed by atoms with Gasteiger partial charge < -0.3 is 18.3 Å². The number of esters is 2. The Labute approximate surface area is 253 Å². The molecule has 2 aromatic heterocycles. The van der Waals surface area contributed by atoms with Crippen molar-refractivity contribution < 1.29 is 37.5 Å². The molecule has 8 atom stereocenters. The number of carbonyl (C=O) groups excluding carboxylic acids is 4. The molecule has 2 heterocycles. The minimum atomic E-state index is -1.63. The molecule has 0 spiro atoms. The molecule has 3 saturated carbocycles. The monoisotopic (exact) mass is 614 g/mol. The molecule has 10 heteroatoms. The van der Waals surface area contributed by atoms with Gasteiger partial charge >= 0.3 is 11.9 Å². The van der Waals surface area contributed by atoms with Crippen molar-refractivity contribution in [3.05, 3.63) is 72.1 Å². The second-order valence-electron chi connectivity index (χ2n) is 12.4. The minimum absolute atomic E-state index is 0.0114. The average Bonchev–Trinajstić information content (AvgIpc) is 3.72. The molecule has 4 aliphatic carbocycles. The molecule has 0 N–H and O–H groups in total. The number of Topliss-reactive ketones (excluding diaryl/α,β-unsaturated/α-hetero) is 1. The van der Waals surface area contributed by atoms with E-state index >= 15 is 0 Å². The maximum Gasteiger partial charge on any atom is 0.375 e. The molecule has 3 fully saturated rings. The van der Waals surface area contributed by atoms with E-state index in [0.717, 1.165) is 5.57 Å². The van der Waals surface area contributed by atoms with Crippen molar-refractivity contribution in [1.82, 2.24) is 0 Å². The first-order valence-electron chi connectivity index (χ1n) is 14.2. The van der Waals surface area contributed by atoms with Crippen LogP contribution in [0.1, 0.15) is 67.6 Å². The maximum absolute atomic E-state index is 13.9. The lowest BCUT2D eigenvalue weighted by molar-refractivity contribution is -0.177. The summed E-state index contributed by atoms with van der Waals surface area (Å²) in [6, 6.07) is 6.14. The van der Waals surface area contributed by atoms with Crippen molar-refractivity contribution in [2.75, 3.05) is 5.88 Å². The van der Waals surface area contributed by atoms with E-state index in [1.165, 1.54) is 30.7 Å². The van der Waals surface area contributed by atoms with Gasteiger partial charge in [-0.05, 0) is 73.9 Å². The Morgan fingerprint density at radius 2 is 1.71 bits per heavy atom. The van der Waals surface area contributed by atoms with Gasteiger partial charge in [0.2, 0.25) is 11.5 Å². The SMILES string of the molecule is C[C@@H]1C[C@@H]2[C@H]3CCC4=CC(=O)C=C[C@]4(C)[C@]3(Cl)[C@@H](OC(=O)c3ccco3)C[C@]2(C)[C@]1(OC(=O)c1ccco1)C(=O)CCl. The zero-order chi connectivity index (χ0) is 30.1. The average molecular weight is 616 g/mol. The normalized spacial score (nSPS) is 38.6. The molecule has 42 heavy (non-hydrogen) atoms. The second-order valence-corrected chi connectivity index (χ2v) is 13.3. The lowest BCUT2D eigenvalue weighted by atomic mass is 9.45. The van der Waals surface area contributed by atoms with Crippen molar-refractivity contribution in [1.29, 1.82) is 0 Å². The molecule has 0 unspecified atom stereocenters. The fourth-order valence-electron chi connectivity index (χ4n) is 8.76. The summed E-state index contributed by atoms with van der Waals surface area (Å²) in [5, 5.41) is 0. The van der Waals surface area contributed by atoms with Gasteiger partial charge in [0.05, 0.1) is 23.3 Å². The smallest absolute Gasteiger partial charge is 0.375 e. The Hall–Kier alpha value is -3.10. The van der Waals surface area contributed by atoms with E-state index < -0.39 is 51.0 Å². The third-order valence-electron chi connectivity index (χ3n) is 10.6. The van der Waals surface area contributed by atoms with Crippen LogP contribution in [0.5, 0.6) is 0 Å². The van der Waals surface area contributed by atoms with Gasteiger partial charge in [-0.25, -0.2) is 9.59 Å². The van der Waals surface area contributed by atoms with Crippen LogP contribution >= 0.6 is 23.2 Å². The molecule has 0 radical (unpaired) electrons. The number of furan rings is 2. The third kappa shape index (κ3) is 3.80. The van der Waals surface area contributed by atoms with Crippen LogP contribution in [0.3, 0.4) is 0 Å². The topological polar surface area (TPSA) is 113 Å². The Bertz CT molecular complexity index is 1490. The molecular formula is C32H32Cl2O8. The Balaban J connectivity index is 1.50. The highest BCUT2D eigenvalue weighted by Crippen LogP contribution is 2.72. The van der Waals surface area contributed by atoms with E-state index in [1.54, 1.807) is 18.2 Å². The van der Waals surface area contributed by atoms with Crippen LogP contribution in [0.25, 0.3) is 0 Å². The van der Waals surface area contributed by atoms with E-state index in [0.29, 0.717) is 19.3 Å². The van der Waals surface area contributed by atoms with Crippen LogP contribution in [0.4, 0.5) is 0 Å². The Morgan fingerprint density at radius 3 is 2.33 bits per heavy atom. The standard InChI is InChI=1S/C32H32Cl2O8/c1-18-14-22-21-9-8-19-15-20(35)10-11-29(19,2)31(21,34)26(41-27(37)23-6-4-12-39-23)16-30(22,3)32(18,25(36)17-33)42-28(38)24-7-5-13-40-24/h4-7,10-13,15,18,21-22,26H,8-9,14,16-17H2,1-3H3/t18-,21-,22-,26+,29+,30+,31-,32-/m1/s1. The highest BCUT2D eigenvalue weighted by Gasteiger charge is 2.77. The van der Waals surface area contributed by atoms with Crippen molar-refractivity contribution in [2.45, 2.75) is 63.0 Å². The van der Waals surface area contributed by atoms with Gasteiger partial charge in [0.1, 0.15) is 6.10 Å². The lowest BCUT2D eigenvalue weighted by Gasteiger charge is -2.64. The fraction of sp³-hybridized carbons (Fsp3) is 0.500. The van der Waals surface area contributed by atoms with Gasteiger partial charge in [-0.3, -0.25) is 9.59 Å². The fourth-order valence-corrected chi connectivity index (χ4v) is 9.53. The third-order valence-corrected chi connectivity index (χ3v) is 11.8. The number of rotatable bonds is 6. The molecule has 6 rings (SSSR count). The summed E-state index contributed by atoms with van der Waals surface area (Å²) >= 11 is 14.1. The van der Waals surface area contributed by atoms with E-state index in [9.17, 15) is 19.2 Å². The first-order chi connectivity index (χ1) is 19.9. The lowest BCUT2D eigenvalue weighted by Crippen LogP contribution is -2.70. The van der Waals surface area contributed by atoms with Gasteiger partial charge in [-0.2, -0.15) is 0 Å². The van der Waals surface area contributed by atoms with Crippen molar-refractivity contribution >= 4 is 46.7 Å². The van der Waals surface area contributed by atoms with Gasteiger partial charge in [0.25, 0.3) is 0 Å². The molecule has 0 aliphatic heterocycles. The molecule has 0 bridgehead atoms. The quantitative estimate of drug-likeness (QED) is 0.274. The summed E-state index contributed by atoms with van der Waals surface area (Å²) in [7, 11) is 0. The molecule has 4 aliphatic rings. The van der Waals surface area contributed by atoms with Crippen LogP contribution in [-0.4, -0.2) is 46.0 Å². The van der Waals surface area contributed by atoms with Crippen molar-refractivity contribution in [2.24, 2.45) is 28.6 Å². The summed E-state index contributed by atoms with van der Waals surface area (Å²) in [5.74, 6) is -3.31. The van der Waals surface area contributed by atoms with Crippen LogP contribution < -0.4 is 0 Å². The molecule has 0 saturated heterocycles. The predicted molar refractivity (Wildman–Crippen MR) is 152 cm³/mol. The Morgan fingerprint density at radius 1 is 1.05 bits per heavy atom. The number of carbonyl (C=O) groups is 4. The molecule has 8 nitrogen and oxygen atoms in total. The van der Waals surface area contributed by atoms with Crippen LogP contribution in [0, 0.1) is 28.6 Å². The summed E-state index contributed by atoms with van der Waals surface area (Å²) in [5.41, 5.74) is -2.59. The number of hydrogen-bond donors (Lipinski definition) is 0. The molecular weight excluding hydrogens is 583 g/mol. The first kappa shape index (κ1) is 29.0. The molecule has 0 aromatic carbocycles. The second kappa shape index (κ2) is 9.98. The van der Waals surface area contributed by atoms with Gasteiger partial charge in [-0.1, -0.05) is 32.4 Å². The zero-order valence-corrected chi connectivity index (χ0v) is 25.1. The number of ketones is 2. The number of alkyl halides is 2. The van der Waals surface area contributed by atoms with Crippen molar-refractivity contribution in [3.63, 3.8) is 0 Å². The summed E-state index contributed by atoms with van der Waals surface area (Å²) in [6.07, 6.45) is 8.58. The highest BCUT2D eigenvalue weighted by atomic mass is 35.5. The maximum atomic E-state index is 13.9. The molecule has 0 amide bonds. The van der Waals surface area contributed by atoms with Gasteiger partial charge in [-0.15, -0.1) is 23.2 Å². The van der Waals surface area contributed by atoms with Crippen molar-refractivity contribution in [3.8, 4) is 0 Å². The van der Waals surface area contributed by atoms with E-state index in [-0.39, 0.29) is 41.4 Å². The molecule has 2 aromatic rings. The van der Waals surface area contributed by atoms with Crippen LogP contribution in [-0.2, 0) is 19.1 Å². The molecule has 222 valence electrons. The summed E-state index contributed by atoms with van der Waals surface area (Å²) in [4.78, 5) is 52.0. The largest absolute Gasteiger partial charge is 0.457 e. The van der Waals surface area contributed by atoms with E-state index in [4.69, 9.17) is 41.5 Å². The number of ether oxygens (including phenoxy) is 2. The summed E-state index contributed by atoms with van der Waals surface area (Å²) in [6.45, 7) is 5.78. The van der Waals surface area contributed by atoms with Gasteiger partial charge in [0.15, 0.2) is 17.2 Å². The number of fused-ring (bicyclic) bond motifs is 5. The van der Waals surface area contributed by atoms with E-state index in [2.05, 4.69) is 0 Å². The first-order valence-corrected chi connectivity index (χ1v) is 15.1. The predicted octanol–water partition coefficient (Wildman–Crippen LogP) is 6.33. The van der Waals surface area contributed by atoms with Crippen LogP contribution in [0.2, 0.25) is 0 Å². The Kier molecular flexibility index (Phi) is 6.89. The summed E-state index contributed by atoms with van der Waals surface area (Å²) < 4.78 is 23.1. The zero-order valence-electron chi connectivity index (χ0n) is 23.6. The highest BCUT2D eigenvalue weighted by molar-refractivity contribution is 6.29. The number of hydrogen-bond acceptors (Lipinski definition) is 8.